The number of rotatable bonds is 8. The zero-order chi connectivity index (χ0) is 21.8. The summed E-state index contributed by atoms with van der Waals surface area (Å²) in [5, 5.41) is 0. The first-order chi connectivity index (χ1) is 14.2. The van der Waals surface area contributed by atoms with E-state index < -0.39 is 25.9 Å². The highest BCUT2D eigenvalue weighted by Gasteiger charge is 2.25. The first kappa shape index (κ1) is 21.9. The van der Waals surface area contributed by atoms with Crippen LogP contribution in [0.2, 0.25) is 0 Å². The Kier molecular flexibility index (Phi) is 6.55. The minimum Gasteiger partial charge on any atom is -0.489 e. The molecule has 9 heteroatoms. The lowest BCUT2D eigenvalue weighted by atomic mass is 10.1. The van der Waals surface area contributed by atoms with Crippen molar-refractivity contribution in [2.75, 3.05) is 6.26 Å². The van der Waals surface area contributed by atoms with E-state index in [4.69, 9.17) is 4.74 Å². The molecule has 0 aliphatic heterocycles. The first-order valence-electron chi connectivity index (χ1n) is 9.10. The van der Waals surface area contributed by atoms with E-state index in [0.717, 1.165) is 11.8 Å². The van der Waals surface area contributed by atoms with Crippen molar-refractivity contribution in [3.8, 4) is 5.75 Å². The molecular weight excluding hydrogens is 424 g/mol. The van der Waals surface area contributed by atoms with Crippen molar-refractivity contribution in [1.82, 2.24) is 9.71 Å². The van der Waals surface area contributed by atoms with Crippen LogP contribution < -0.4 is 9.46 Å². The van der Waals surface area contributed by atoms with Crippen LogP contribution >= 0.6 is 0 Å². The maximum Gasteiger partial charge on any atom is 0.242 e. The smallest absolute Gasteiger partial charge is 0.242 e. The van der Waals surface area contributed by atoms with E-state index in [2.05, 4.69) is 9.71 Å². The summed E-state index contributed by atoms with van der Waals surface area (Å²) < 4.78 is 57.7. The zero-order valence-corrected chi connectivity index (χ0v) is 18.2. The van der Waals surface area contributed by atoms with Gasteiger partial charge < -0.3 is 4.74 Å². The Bertz CT molecular complexity index is 1210. The molecule has 0 radical (unpaired) electrons. The maximum atomic E-state index is 12.8. The van der Waals surface area contributed by atoms with Gasteiger partial charge in [0.1, 0.15) is 17.3 Å². The van der Waals surface area contributed by atoms with Crippen molar-refractivity contribution in [2.45, 2.75) is 29.4 Å². The average molecular weight is 447 g/mol. The lowest BCUT2D eigenvalue weighted by molar-refractivity contribution is 0.305. The fourth-order valence-corrected chi connectivity index (χ4v) is 5.71. The quantitative estimate of drug-likeness (QED) is 0.570. The molecule has 1 heterocycles. The van der Waals surface area contributed by atoms with Crippen LogP contribution in [-0.2, 0) is 26.5 Å². The molecule has 1 aromatic heterocycles. The van der Waals surface area contributed by atoms with Crippen LogP contribution in [0.5, 0.6) is 5.75 Å². The van der Waals surface area contributed by atoms with Gasteiger partial charge in [-0.05, 0) is 42.8 Å². The number of pyridine rings is 1. The zero-order valence-electron chi connectivity index (χ0n) is 16.5. The number of hydrogen-bond acceptors (Lipinski definition) is 6. The van der Waals surface area contributed by atoms with E-state index >= 15 is 0 Å². The summed E-state index contributed by atoms with van der Waals surface area (Å²) in [4.78, 5) is 3.53. The third-order valence-electron chi connectivity index (χ3n) is 4.38. The molecule has 3 aromatic rings. The van der Waals surface area contributed by atoms with Gasteiger partial charge >= 0.3 is 0 Å². The van der Waals surface area contributed by atoms with Crippen LogP contribution in [-0.4, -0.2) is 28.1 Å². The van der Waals surface area contributed by atoms with Crippen molar-refractivity contribution in [3.63, 3.8) is 0 Å². The second kappa shape index (κ2) is 8.95. The molecule has 2 aromatic carbocycles. The summed E-state index contributed by atoms with van der Waals surface area (Å²) in [6.07, 6.45) is 4.39. The van der Waals surface area contributed by atoms with Crippen LogP contribution in [0.25, 0.3) is 0 Å². The highest BCUT2D eigenvalue weighted by Crippen LogP contribution is 2.24. The standard InChI is InChI=1S/C21H22N2O5S2/c1-16(23-30(26,27)21-8-4-3-7-20(21)29(2,24)25)18-9-11-19(12-10-18)28-15-17-6-5-13-22-14-17/h3-14,16,23H,15H2,1-2H3. The minimum atomic E-state index is -4.05. The molecule has 1 unspecified atom stereocenters. The molecule has 0 saturated carbocycles. The molecule has 0 spiro atoms. The Balaban J connectivity index is 1.72. The third kappa shape index (κ3) is 5.44. The molecule has 0 fully saturated rings. The van der Waals surface area contributed by atoms with Gasteiger partial charge in [-0.15, -0.1) is 0 Å². The van der Waals surface area contributed by atoms with Crippen LogP contribution in [0.3, 0.4) is 0 Å². The summed E-state index contributed by atoms with van der Waals surface area (Å²) in [6.45, 7) is 2.06. The second-order valence-corrected chi connectivity index (χ2v) is 10.4. The number of nitrogens with one attached hydrogen (secondary N) is 1. The first-order valence-corrected chi connectivity index (χ1v) is 12.5. The third-order valence-corrected chi connectivity index (χ3v) is 7.26. The fraction of sp³-hybridized carbons (Fsp3) is 0.190. The van der Waals surface area contributed by atoms with Gasteiger partial charge in [-0.25, -0.2) is 21.6 Å². The SMILES string of the molecule is CC(NS(=O)(=O)c1ccccc1S(C)(=O)=O)c1ccc(OCc2cccnc2)cc1. The predicted molar refractivity (Wildman–Crippen MR) is 113 cm³/mol. The summed E-state index contributed by atoms with van der Waals surface area (Å²) in [6, 6.07) is 15.7. The summed E-state index contributed by atoms with van der Waals surface area (Å²) >= 11 is 0. The average Bonchev–Trinajstić information content (AvgIpc) is 2.72. The van der Waals surface area contributed by atoms with Gasteiger partial charge in [0.2, 0.25) is 10.0 Å². The summed E-state index contributed by atoms with van der Waals surface area (Å²) in [5.41, 5.74) is 1.65. The van der Waals surface area contributed by atoms with E-state index in [9.17, 15) is 16.8 Å². The van der Waals surface area contributed by atoms with Gasteiger partial charge in [-0.3, -0.25) is 4.98 Å². The molecule has 158 valence electrons. The Labute approximate surface area is 176 Å². The lowest BCUT2D eigenvalue weighted by Crippen LogP contribution is -2.28. The van der Waals surface area contributed by atoms with Crippen molar-refractivity contribution in [2.24, 2.45) is 0 Å². The summed E-state index contributed by atoms with van der Waals surface area (Å²) in [5.74, 6) is 0.639. The van der Waals surface area contributed by atoms with E-state index in [-0.39, 0.29) is 9.79 Å². The minimum absolute atomic E-state index is 0.233. The molecule has 0 aliphatic rings. The lowest BCUT2D eigenvalue weighted by Gasteiger charge is -2.17. The Hall–Kier alpha value is -2.75. The van der Waals surface area contributed by atoms with E-state index in [0.29, 0.717) is 17.9 Å². The van der Waals surface area contributed by atoms with Crippen molar-refractivity contribution < 1.29 is 21.6 Å². The molecular formula is C21H22N2O5S2. The van der Waals surface area contributed by atoms with Crippen molar-refractivity contribution >= 4 is 19.9 Å². The molecule has 0 aliphatic carbocycles. The molecule has 30 heavy (non-hydrogen) atoms. The highest BCUT2D eigenvalue weighted by atomic mass is 32.2. The second-order valence-electron chi connectivity index (χ2n) is 6.78. The van der Waals surface area contributed by atoms with Crippen LogP contribution in [0.4, 0.5) is 0 Å². The molecule has 0 amide bonds. The molecule has 1 N–H and O–H groups in total. The van der Waals surface area contributed by atoms with E-state index in [1.807, 2.05) is 12.1 Å². The number of hydrogen-bond donors (Lipinski definition) is 1. The highest BCUT2D eigenvalue weighted by molar-refractivity contribution is 7.93. The van der Waals surface area contributed by atoms with Gasteiger partial charge in [-0.1, -0.05) is 30.3 Å². The Morgan fingerprint density at radius 3 is 2.20 bits per heavy atom. The van der Waals surface area contributed by atoms with Gasteiger partial charge in [0, 0.05) is 30.3 Å². The van der Waals surface area contributed by atoms with Crippen LogP contribution in [0.1, 0.15) is 24.1 Å². The number of sulfonamides is 1. The van der Waals surface area contributed by atoms with Crippen LogP contribution in [0, 0.1) is 0 Å². The van der Waals surface area contributed by atoms with Gasteiger partial charge in [0.05, 0.1) is 4.90 Å². The van der Waals surface area contributed by atoms with E-state index in [1.165, 1.54) is 24.3 Å². The molecule has 0 bridgehead atoms. The fourth-order valence-electron chi connectivity index (χ4n) is 2.85. The van der Waals surface area contributed by atoms with E-state index in [1.54, 1.807) is 43.6 Å². The van der Waals surface area contributed by atoms with Gasteiger partial charge in [-0.2, -0.15) is 0 Å². The molecule has 0 saturated heterocycles. The molecule has 7 nitrogen and oxygen atoms in total. The van der Waals surface area contributed by atoms with Crippen LogP contribution in [0.15, 0.2) is 82.8 Å². The topological polar surface area (TPSA) is 102 Å². The van der Waals surface area contributed by atoms with Gasteiger partial charge in [0.25, 0.3) is 0 Å². The molecule has 3 rings (SSSR count). The molecule has 1 atom stereocenters. The number of aromatic nitrogens is 1. The van der Waals surface area contributed by atoms with Gasteiger partial charge in [0.15, 0.2) is 9.84 Å². The predicted octanol–water partition coefficient (Wildman–Crippen LogP) is 3.10. The number of nitrogens with zero attached hydrogens (tertiary/aromatic N) is 1. The number of benzene rings is 2. The normalized spacial score (nSPS) is 13.0. The Morgan fingerprint density at radius 2 is 1.60 bits per heavy atom. The summed E-state index contributed by atoms with van der Waals surface area (Å²) in [7, 11) is -7.74. The maximum absolute atomic E-state index is 12.8. The monoisotopic (exact) mass is 446 g/mol. The van der Waals surface area contributed by atoms with Crippen molar-refractivity contribution in [3.05, 3.63) is 84.2 Å². The number of ether oxygens (including phenoxy) is 1. The Morgan fingerprint density at radius 1 is 0.933 bits per heavy atom. The largest absolute Gasteiger partial charge is 0.489 e. The van der Waals surface area contributed by atoms with Crippen molar-refractivity contribution in [1.29, 1.82) is 0 Å². The number of sulfone groups is 1.